The number of nitrogens with zero attached hydrogens (tertiary/aromatic N) is 1. The van der Waals surface area contributed by atoms with Crippen molar-refractivity contribution in [3.8, 4) is 0 Å². The number of rotatable bonds is 5. The van der Waals surface area contributed by atoms with Crippen LogP contribution in [-0.2, 0) is 4.74 Å². The Kier molecular flexibility index (Phi) is 5.03. The Balaban J connectivity index is 1.65. The number of benzene rings is 1. The lowest BCUT2D eigenvalue weighted by molar-refractivity contribution is -0.0284. The van der Waals surface area contributed by atoms with E-state index in [2.05, 4.69) is 15.5 Å². The van der Waals surface area contributed by atoms with Gasteiger partial charge in [-0.2, -0.15) is 5.10 Å². The van der Waals surface area contributed by atoms with E-state index in [1.165, 1.54) is 6.07 Å². The molecule has 1 aromatic heterocycles. The van der Waals surface area contributed by atoms with Gasteiger partial charge < -0.3 is 10.1 Å². The molecule has 1 aromatic carbocycles. The van der Waals surface area contributed by atoms with Crippen LogP contribution in [0.2, 0.25) is 0 Å². The smallest absolute Gasteiger partial charge is 0.163 e. The van der Waals surface area contributed by atoms with Crippen LogP contribution in [0, 0.1) is 17.6 Å². The third kappa shape index (κ3) is 3.59. The predicted octanol–water partition coefficient (Wildman–Crippen LogP) is 3.51. The highest BCUT2D eigenvalue weighted by Crippen LogP contribution is 2.33. The minimum Gasteiger partial charge on any atom is -0.373 e. The van der Waals surface area contributed by atoms with Crippen molar-refractivity contribution in [1.82, 2.24) is 15.5 Å². The zero-order valence-corrected chi connectivity index (χ0v) is 13.1. The van der Waals surface area contributed by atoms with E-state index in [-0.39, 0.29) is 18.1 Å². The summed E-state index contributed by atoms with van der Waals surface area (Å²) in [6.07, 6.45) is 5.64. The summed E-state index contributed by atoms with van der Waals surface area (Å²) in [6.45, 7) is 3.25. The summed E-state index contributed by atoms with van der Waals surface area (Å²) in [6, 6.07) is 4.01. The van der Waals surface area contributed by atoms with Gasteiger partial charge in [0.2, 0.25) is 0 Å². The molecule has 1 unspecified atom stereocenters. The Morgan fingerprint density at radius 2 is 2.30 bits per heavy atom. The van der Waals surface area contributed by atoms with Gasteiger partial charge in [-0.1, -0.05) is 12.1 Å². The summed E-state index contributed by atoms with van der Waals surface area (Å²) in [7, 11) is 0. The molecule has 0 aliphatic carbocycles. The highest BCUT2D eigenvalue weighted by atomic mass is 19.2. The molecule has 2 heterocycles. The average molecular weight is 321 g/mol. The molecule has 1 aliphatic heterocycles. The predicted molar refractivity (Wildman–Crippen MR) is 82.8 cm³/mol. The fourth-order valence-corrected chi connectivity index (χ4v) is 3.13. The summed E-state index contributed by atoms with van der Waals surface area (Å²) in [5.41, 5.74) is 1.38. The van der Waals surface area contributed by atoms with Crippen molar-refractivity contribution in [3.05, 3.63) is 53.4 Å². The Hall–Kier alpha value is -1.79. The van der Waals surface area contributed by atoms with Crippen LogP contribution < -0.4 is 5.32 Å². The van der Waals surface area contributed by atoms with Crippen LogP contribution in [0.15, 0.2) is 30.6 Å². The Bertz CT molecular complexity index is 633. The second kappa shape index (κ2) is 7.19. The molecular weight excluding hydrogens is 300 g/mol. The lowest BCUT2D eigenvalue weighted by Gasteiger charge is -2.32. The summed E-state index contributed by atoms with van der Waals surface area (Å²) in [5, 5.41) is 10.1. The van der Waals surface area contributed by atoms with Gasteiger partial charge >= 0.3 is 0 Å². The van der Waals surface area contributed by atoms with Crippen LogP contribution in [0.25, 0.3) is 0 Å². The van der Waals surface area contributed by atoms with Crippen molar-refractivity contribution in [1.29, 1.82) is 0 Å². The monoisotopic (exact) mass is 321 g/mol. The number of nitrogens with one attached hydrogen (secondary N) is 2. The van der Waals surface area contributed by atoms with Crippen LogP contribution in [0.3, 0.4) is 0 Å². The molecule has 3 atom stereocenters. The number of aromatic nitrogens is 2. The third-order valence-corrected chi connectivity index (χ3v) is 4.43. The molecule has 6 heteroatoms. The molecule has 1 fully saturated rings. The zero-order chi connectivity index (χ0) is 16.2. The van der Waals surface area contributed by atoms with Crippen molar-refractivity contribution in [2.75, 3.05) is 13.2 Å². The van der Waals surface area contributed by atoms with E-state index in [4.69, 9.17) is 4.74 Å². The number of H-pyrrole nitrogens is 1. The van der Waals surface area contributed by atoms with Gasteiger partial charge in [-0.25, -0.2) is 8.78 Å². The van der Waals surface area contributed by atoms with Crippen molar-refractivity contribution in [2.45, 2.75) is 31.9 Å². The molecule has 0 bridgehead atoms. The zero-order valence-electron chi connectivity index (χ0n) is 13.1. The van der Waals surface area contributed by atoms with Crippen LogP contribution in [0.5, 0.6) is 0 Å². The molecular formula is C17H21F2N3O. The topological polar surface area (TPSA) is 49.9 Å². The van der Waals surface area contributed by atoms with Gasteiger partial charge in [0.1, 0.15) is 0 Å². The minimum atomic E-state index is -0.812. The second-order valence-corrected chi connectivity index (χ2v) is 6.00. The van der Waals surface area contributed by atoms with Gasteiger partial charge in [0.15, 0.2) is 11.6 Å². The fourth-order valence-electron chi connectivity index (χ4n) is 3.13. The lowest BCUT2D eigenvalue weighted by atomic mass is 9.90. The van der Waals surface area contributed by atoms with Gasteiger partial charge in [0.25, 0.3) is 0 Å². The highest BCUT2D eigenvalue weighted by Gasteiger charge is 2.28. The first kappa shape index (κ1) is 16.1. The molecule has 4 nitrogen and oxygen atoms in total. The second-order valence-electron chi connectivity index (χ2n) is 6.00. The van der Waals surface area contributed by atoms with E-state index in [0.717, 1.165) is 31.1 Å². The number of halogens is 2. The largest absolute Gasteiger partial charge is 0.373 e. The maximum absolute atomic E-state index is 13.9. The van der Waals surface area contributed by atoms with Gasteiger partial charge in [0, 0.05) is 42.4 Å². The van der Waals surface area contributed by atoms with Crippen molar-refractivity contribution >= 4 is 0 Å². The molecule has 1 aliphatic rings. The maximum Gasteiger partial charge on any atom is 0.163 e. The summed E-state index contributed by atoms with van der Waals surface area (Å²) in [4.78, 5) is 0. The standard InChI is InChI=1S/C17H21F2N3O/c1-11(14-5-2-6-15(18)16(14)19)20-8-12-4-3-7-23-17(12)13-9-21-22-10-13/h2,5-6,9-12,17,20H,3-4,7-8H2,1H3,(H,21,22)/t11?,12-,17+/m0/s1. The first-order chi connectivity index (χ1) is 11.2. The third-order valence-electron chi connectivity index (χ3n) is 4.43. The summed E-state index contributed by atoms with van der Waals surface area (Å²) < 4.78 is 33.1. The van der Waals surface area contributed by atoms with Crippen molar-refractivity contribution in [2.24, 2.45) is 5.92 Å². The highest BCUT2D eigenvalue weighted by molar-refractivity contribution is 5.22. The maximum atomic E-state index is 13.9. The Labute approximate surface area is 134 Å². The molecule has 2 aromatic rings. The van der Waals surface area contributed by atoms with Crippen LogP contribution in [0.1, 0.15) is 43.0 Å². The van der Waals surface area contributed by atoms with E-state index in [9.17, 15) is 8.78 Å². The van der Waals surface area contributed by atoms with Crippen LogP contribution >= 0.6 is 0 Å². The SMILES string of the molecule is CC(NC[C@@H]1CCCO[C@H]1c1cn[nH]c1)c1cccc(F)c1F. The molecule has 0 radical (unpaired) electrons. The quantitative estimate of drug-likeness (QED) is 0.886. The van der Waals surface area contributed by atoms with Crippen LogP contribution in [0.4, 0.5) is 8.78 Å². The normalized spacial score (nSPS) is 22.9. The molecule has 23 heavy (non-hydrogen) atoms. The minimum absolute atomic E-state index is 0.0143. The first-order valence-corrected chi connectivity index (χ1v) is 7.94. The van der Waals surface area contributed by atoms with E-state index in [1.54, 1.807) is 12.3 Å². The Morgan fingerprint density at radius 1 is 1.43 bits per heavy atom. The van der Waals surface area contributed by atoms with Gasteiger partial charge in [-0.15, -0.1) is 0 Å². The molecule has 2 N–H and O–H groups in total. The molecule has 1 saturated heterocycles. The van der Waals surface area contributed by atoms with Crippen molar-refractivity contribution < 1.29 is 13.5 Å². The van der Waals surface area contributed by atoms with Gasteiger partial charge in [0.05, 0.1) is 12.3 Å². The van der Waals surface area contributed by atoms with Gasteiger partial charge in [-0.05, 0) is 25.8 Å². The summed E-state index contributed by atoms with van der Waals surface area (Å²) >= 11 is 0. The average Bonchev–Trinajstić information content (AvgIpc) is 3.10. The molecule has 0 amide bonds. The van der Waals surface area contributed by atoms with Gasteiger partial charge in [-0.3, -0.25) is 5.10 Å². The Morgan fingerprint density at radius 3 is 3.09 bits per heavy atom. The molecule has 0 spiro atoms. The number of hydrogen-bond acceptors (Lipinski definition) is 3. The number of aromatic amines is 1. The molecule has 3 rings (SSSR count). The summed E-state index contributed by atoms with van der Waals surface area (Å²) in [5.74, 6) is -1.31. The fraction of sp³-hybridized carbons (Fsp3) is 0.471. The van der Waals surface area contributed by atoms with E-state index < -0.39 is 11.6 Å². The molecule has 0 saturated carbocycles. The number of hydrogen-bond donors (Lipinski definition) is 2. The first-order valence-electron chi connectivity index (χ1n) is 7.94. The molecule has 124 valence electrons. The van der Waals surface area contributed by atoms with E-state index >= 15 is 0 Å². The van der Waals surface area contributed by atoms with E-state index in [0.29, 0.717) is 12.1 Å². The van der Waals surface area contributed by atoms with Crippen molar-refractivity contribution in [3.63, 3.8) is 0 Å². The number of ether oxygens (including phenoxy) is 1. The van der Waals surface area contributed by atoms with Crippen LogP contribution in [-0.4, -0.2) is 23.3 Å². The van der Waals surface area contributed by atoms with E-state index in [1.807, 2.05) is 13.1 Å². The lowest BCUT2D eigenvalue weighted by Crippen LogP contribution is -2.33.